The quantitative estimate of drug-likeness (QED) is 0.832. The predicted molar refractivity (Wildman–Crippen MR) is 71.7 cm³/mol. The maximum absolute atomic E-state index is 13.3. The molecule has 2 amide bonds. The first kappa shape index (κ1) is 13.0. The van der Waals surface area contributed by atoms with Crippen LogP contribution in [0.5, 0.6) is 0 Å². The van der Waals surface area contributed by atoms with Gasteiger partial charge in [0.2, 0.25) is 0 Å². The zero-order valence-corrected chi connectivity index (χ0v) is 11.0. The number of carbonyl (C=O) groups excluding carboxylic acids is 1. The van der Waals surface area contributed by atoms with Crippen molar-refractivity contribution >= 4 is 12.2 Å². The van der Waals surface area contributed by atoms with Gasteiger partial charge in [0, 0.05) is 45.0 Å². The molecule has 20 heavy (non-hydrogen) atoms. The van der Waals surface area contributed by atoms with Gasteiger partial charge in [0.05, 0.1) is 12.2 Å². The van der Waals surface area contributed by atoms with Crippen molar-refractivity contribution in [3.63, 3.8) is 0 Å². The number of amides is 2. The van der Waals surface area contributed by atoms with Crippen molar-refractivity contribution in [2.45, 2.75) is 12.5 Å². The average Bonchev–Trinajstić information content (AvgIpc) is 2.97. The van der Waals surface area contributed by atoms with E-state index in [4.69, 9.17) is 0 Å². The minimum Gasteiger partial charge on any atom is -0.321 e. The Morgan fingerprint density at radius 2 is 2.15 bits per heavy atom. The number of hydrogen-bond donors (Lipinski definition) is 1. The molecule has 1 saturated heterocycles. The second kappa shape index (κ2) is 5.54. The summed E-state index contributed by atoms with van der Waals surface area (Å²) in [6.07, 6.45) is 5.01. The van der Waals surface area contributed by atoms with E-state index < -0.39 is 5.82 Å². The highest BCUT2D eigenvalue weighted by Gasteiger charge is 2.32. The molecule has 6 nitrogen and oxygen atoms in total. The van der Waals surface area contributed by atoms with Gasteiger partial charge in [-0.1, -0.05) is 0 Å². The molecule has 0 unspecified atom stereocenters. The molecule has 3 heterocycles. The first-order valence-corrected chi connectivity index (χ1v) is 6.67. The summed E-state index contributed by atoms with van der Waals surface area (Å²) in [6, 6.07) is 1.01. The van der Waals surface area contributed by atoms with Crippen LogP contribution < -0.4 is 5.32 Å². The van der Waals surface area contributed by atoms with Crippen molar-refractivity contribution in [1.29, 1.82) is 0 Å². The molecule has 2 aliphatic heterocycles. The monoisotopic (exact) mass is 277 g/mol. The zero-order valence-electron chi connectivity index (χ0n) is 11.0. The Morgan fingerprint density at radius 1 is 1.35 bits per heavy atom. The van der Waals surface area contributed by atoms with Crippen molar-refractivity contribution in [1.82, 2.24) is 20.2 Å². The van der Waals surface area contributed by atoms with Gasteiger partial charge in [0.25, 0.3) is 0 Å². The summed E-state index contributed by atoms with van der Waals surface area (Å²) in [5.74, 6) is -0.399. The van der Waals surface area contributed by atoms with Crippen LogP contribution in [0.15, 0.2) is 23.6 Å². The normalized spacial score (nSPS) is 22.4. The molecule has 2 aliphatic rings. The fourth-order valence-electron chi connectivity index (χ4n) is 2.49. The smallest absolute Gasteiger partial charge is 0.321 e. The first-order valence-electron chi connectivity index (χ1n) is 6.67. The minimum absolute atomic E-state index is 0.130. The largest absolute Gasteiger partial charge is 0.341 e. The van der Waals surface area contributed by atoms with Crippen LogP contribution >= 0.6 is 0 Å². The molecule has 0 aromatic carbocycles. The van der Waals surface area contributed by atoms with E-state index in [-0.39, 0.29) is 12.1 Å². The highest BCUT2D eigenvalue weighted by atomic mass is 19.1. The number of piperazine rings is 1. The number of nitrogens with one attached hydrogen (secondary N) is 1. The second-order valence-corrected chi connectivity index (χ2v) is 4.85. The summed E-state index contributed by atoms with van der Waals surface area (Å²) < 4.78 is 13.3. The minimum atomic E-state index is -0.399. The SMILES string of the molecule is O=C(N1CCNCC1)N1N=CC[C@H]1c1cncc(F)c1. The van der Waals surface area contributed by atoms with Gasteiger partial charge in [0.1, 0.15) is 5.82 Å². The highest BCUT2D eigenvalue weighted by Crippen LogP contribution is 2.29. The van der Waals surface area contributed by atoms with E-state index in [1.807, 2.05) is 0 Å². The summed E-state index contributed by atoms with van der Waals surface area (Å²) in [5.41, 5.74) is 0.672. The maximum Gasteiger partial charge on any atom is 0.341 e. The number of urea groups is 1. The third-order valence-corrected chi connectivity index (χ3v) is 3.52. The third kappa shape index (κ3) is 2.49. The molecule has 1 atom stereocenters. The molecular formula is C13H16FN5O. The van der Waals surface area contributed by atoms with E-state index >= 15 is 0 Å². The number of carbonyl (C=O) groups is 1. The lowest BCUT2D eigenvalue weighted by atomic mass is 10.1. The maximum atomic E-state index is 13.3. The van der Waals surface area contributed by atoms with Crippen molar-refractivity contribution < 1.29 is 9.18 Å². The van der Waals surface area contributed by atoms with Crippen molar-refractivity contribution in [3.05, 3.63) is 29.8 Å². The van der Waals surface area contributed by atoms with Gasteiger partial charge in [-0.25, -0.2) is 14.2 Å². The Hall–Kier alpha value is -2.02. The van der Waals surface area contributed by atoms with Crippen LogP contribution in [-0.2, 0) is 0 Å². The van der Waals surface area contributed by atoms with Gasteiger partial charge in [-0.3, -0.25) is 4.98 Å². The molecule has 106 valence electrons. The molecule has 1 fully saturated rings. The van der Waals surface area contributed by atoms with Gasteiger partial charge in [0.15, 0.2) is 0 Å². The highest BCUT2D eigenvalue weighted by molar-refractivity contribution is 5.78. The molecule has 7 heteroatoms. The molecular weight excluding hydrogens is 261 g/mol. The van der Waals surface area contributed by atoms with Crippen LogP contribution in [0.25, 0.3) is 0 Å². The lowest BCUT2D eigenvalue weighted by molar-refractivity contribution is 0.136. The van der Waals surface area contributed by atoms with Gasteiger partial charge in [-0.15, -0.1) is 0 Å². The van der Waals surface area contributed by atoms with E-state index in [0.29, 0.717) is 25.1 Å². The molecule has 1 N–H and O–H groups in total. The average molecular weight is 277 g/mol. The Morgan fingerprint density at radius 3 is 2.90 bits per heavy atom. The molecule has 0 radical (unpaired) electrons. The van der Waals surface area contributed by atoms with E-state index in [1.54, 1.807) is 17.3 Å². The van der Waals surface area contributed by atoms with Crippen LogP contribution in [0.3, 0.4) is 0 Å². The lowest BCUT2D eigenvalue weighted by Crippen LogP contribution is -2.50. The number of hydrogen-bond acceptors (Lipinski definition) is 4. The topological polar surface area (TPSA) is 60.8 Å². The number of aromatic nitrogens is 1. The van der Waals surface area contributed by atoms with E-state index in [1.165, 1.54) is 11.1 Å². The van der Waals surface area contributed by atoms with Crippen molar-refractivity contribution in [3.8, 4) is 0 Å². The van der Waals surface area contributed by atoms with Crippen LogP contribution in [0.1, 0.15) is 18.0 Å². The van der Waals surface area contributed by atoms with Crippen LogP contribution in [0, 0.1) is 5.82 Å². The Balaban J connectivity index is 1.77. The summed E-state index contributed by atoms with van der Waals surface area (Å²) in [7, 11) is 0. The molecule has 3 rings (SSSR count). The van der Waals surface area contributed by atoms with E-state index in [9.17, 15) is 9.18 Å². The number of halogens is 1. The van der Waals surface area contributed by atoms with E-state index in [0.717, 1.165) is 19.3 Å². The predicted octanol–water partition coefficient (Wildman–Crippen LogP) is 0.978. The van der Waals surface area contributed by atoms with Crippen LogP contribution in [0.2, 0.25) is 0 Å². The van der Waals surface area contributed by atoms with E-state index in [2.05, 4.69) is 15.4 Å². The standard InChI is InChI=1S/C13H16FN5O/c14-11-7-10(8-16-9-11)12-1-2-17-19(12)13(20)18-5-3-15-4-6-18/h2,7-9,12,15H,1,3-6H2/t12-/m0/s1. The molecule has 0 saturated carbocycles. The van der Waals surface area contributed by atoms with Crippen molar-refractivity contribution in [2.24, 2.45) is 5.10 Å². The lowest BCUT2D eigenvalue weighted by Gasteiger charge is -2.32. The molecule has 0 bridgehead atoms. The van der Waals surface area contributed by atoms with Crippen LogP contribution in [0.4, 0.5) is 9.18 Å². The fraction of sp³-hybridized carbons (Fsp3) is 0.462. The molecule has 0 aliphatic carbocycles. The zero-order chi connectivity index (χ0) is 13.9. The number of pyridine rings is 1. The molecule has 1 aromatic heterocycles. The molecule has 0 spiro atoms. The number of nitrogens with zero attached hydrogens (tertiary/aromatic N) is 4. The summed E-state index contributed by atoms with van der Waals surface area (Å²) in [5, 5.41) is 8.78. The first-order chi connectivity index (χ1) is 9.75. The number of hydrazone groups is 1. The van der Waals surface area contributed by atoms with Crippen molar-refractivity contribution in [2.75, 3.05) is 26.2 Å². The molecule has 1 aromatic rings. The summed E-state index contributed by atoms with van der Waals surface area (Å²) >= 11 is 0. The van der Waals surface area contributed by atoms with Crippen LogP contribution in [-0.4, -0.2) is 53.3 Å². The van der Waals surface area contributed by atoms with Gasteiger partial charge >= 0.3 is 6.03 Å². The summed E-state index contributed by atoms with van der Waals surface area (Å²) in [6.45, 7) is 2.91. The van der Waals surface area contributed by atoms with Gasteiger partial charge < -0.3 is 10.2 Å². The fourth-order valence-corrected chi connectivity index (χ4v) is 2.49. The van der Waals surface area contributed by atoms with Gasteiger partial charge in [-0.2, -0.15) is 5.10 Å². The Labute approximate surface area is 116 Å². The Bertz CT molecular complexity index is 529. The number of rotatable bonds is 1. The third-order valence-electron chi connectivity index (χ3n) is 3.52. The Kier molecular flexibility index (Phi) is 3.60. The second-order valence-electron chi connectivity index (χ2n) is 4.85. The van der Waals surface area contributed by atoms with Gasteiger partial charge in [-0.05, 0) is 11.6 Å². The summed E-state index contributed by atoms with van der Waals surface area (Å²) in [4.78, 5) is 18.1.